The molecule has 0 aliphatic carbocycles. The normalized spacial score (nSPS) is 23.9. The third kappa shape index (κ3) is 5.09. The van der Waals surface area contributed by atoms with E-state index < -0.39 is 39.2 Å². The van der Waals surface area contributed by atoms with E-state index in [0.717, 1.165) is 0 Å². The van der Waals surface area contributed by atoms with Crippen molar-refractivity contribution in [1.82, 2.24) is 10.6 Å². The molecule has 0 saturated carbocycles. The highest BCUT2D eigenvalue weighted by molar-refractivity contribution is 7.91. The number of sulfone groups is 1. The lowest BCUT2D eigenvalue weighted by molar-refractivity contribution is -0.145. The number of carbonyl (C=O) groups excluding carboxylic acids is 1. The number of carbonyl (C=O) groups is 2. The minimum absolute atomic E-state index is 0.0426. The molecule has 1 amide bonds. The average molecular weight is 306 g/mol. The fourth-order valence-corrected chi connectivity index (χ4v) is 3.54. The van der Waals surface area contributed by atoms with Crippen molar-refractivity contribution in [1.29, 1.82) is 0 Å². The number of hydrogen-bond donors (Lipinski definition) is 3. The summed E-state index contributed by atoms with van der Waals surface area (Å²) in [5, 5.41) is 14.5. The van der Waals surface area contributed by atoms with Gasteiger partial charge in [0.05, 0.1) is 11.5 Å². The first-order valence-corrected chi connectivity index (χ1v) is 8.29. The fourth-order valence-electron chi connectivity index (χ4n) is 2.09. The smallest absolute Gasteiger partial charge is 0.326 e. The van der Waals surface area contributed by atoms with Gasteiger partial charge >= 0.3 is 5.97 Å². The Bertz CT molecular complexity index is 481. The fraction of sp³-hybridized carbons (Fsp3) is 0.833. The van der Waals surface area contributed by atoms with E-state index in [1.807, 2.05) is 0 Å². The molecule has 0 spiro atoms. The Hall–Kier alpha value is -1.15. The van der Waals surface area contributed by atoms with E-state index >= 15 is 0 Å². The van der Waals surface area contributed by atoms with E-state index in [1.165, 1.54) is 0 Å². The van der Waals surface area contributed by atoms with Crippen LogP contribution in [0.4, 0.5) is 0 Å². The van der Waals surface area contributed by atoms with Crippen LogP contribution >= 0.6 is 0 Å². The summed E-state index contributed by atoms with van der Waals surface area (Å²) in [6, 6.07) is -1.46. The van der Waals surface area contributed by atoms with Crippen LogP contribution in [0.2, 0.25) is 0 Å². The summed E-state index contributed by atoms with van der Waals surface area (Å²) in [6.45, 7) is 5.47. The number of rotatable bonds is 4. The topological polar surface area (TPSA) is 113 Å². The molecule has 20 heavy (non-hydrogen) atoms. The lowest BCUT2D eigenvalue weighted by atomic mass is 9.86. The van der Waals surface area contributed by atoms with Gasteiger partial charge in [0.15, 0.2) is 9.84 Å². The SMILES string of the molecule is CC(C)(C)[C@@H](NC(=O)CC1CS(=O)(=O)CCN1)C(=O)O. The molecule has 1 unspecified atom stereocenters. The second-order valence-electron chi connectivity index (χ2n) is 6.17. The van der Waals surface area contributed by atoms with Crippen LogP contribution < -0.4 is 10.6 Å². The van der Waals surface area contributed by atoms with Crippen LogP contribution in [0, 0.1) is 5.41 Å². The third-order valence-electron chi connectivity index (χ3n) is 3.15. The van der Waals surface area contributed by atoms with Gasteiger partial charge in [0.1, 0.15) is 6.04 Å². The van der Waals surface area contributed by atoms with Crippen LogP contribution in [0.25, 0.3) is 0 Å². The summed E-state index contributed by atoms with van der Waals surface area (Å²) >= 11 is 0. The largest absolute Gasteiger partial charge is 0.480 e. The molecule has 0 aromatic heterocycles. The number of nitrogens with one attached hydrogen (secondary N) is 2. The summed E-state index contributed by atoms with van der Waals surface area (Å²) in [4.78, 5) is 23.0. The maximum atomic E-state index is 11.9. The molecule has 1 aliphatic heterocycles. The second kappa shape index (κ2) is 6.09. The molecule has 0 radical (unpaired) electrons. The van der Waals surface area contributed by atoms with Crippen molar-refractivity contribution in [3.63, 3.8) is 0 Å². The molecular formula is C12H22N2O5S. The first kappa shape index (κ1) is 16.9. The van der Waals surface area contributed by atoms with E-state index in [4.69, 9.17) is 5.11 Å². The van der Waals surface area contributed by atoms with Gasteiger partial charge in [-0.15, -0.1) is 0 Å². The van der Waals surface area contributed by atoms with Crippen LogP contribution in [0.3, 0.4) is 0 Å². The van der Waals surface area contributed by atoms with Crippen molar-refractivity contribution >= 4 is 21.7 Å². The lowest BCUT2D eigenvalue weighted by Crippen LogP contribution is -2.52. The molecule has 116 valence electrons. The van der Waals surface area contributed by atoms with Crippen molar-refractivity contribution in [3.8, 4) is 0 Å². The first-order chi connectivity index (χ1) is 9.01. The lowest BCUT2D eigenvalue weighted by Gasteiger charge is -2.29. The van der Waals surface area contributed by atoms with Gasteiger partial charge in [-0.05, 0) is 5.41 Å². The maximum Gasteiger partial charge on any atom is 0.326 e. The average Bonchev–Trinajstić information content (AvgIpc) is 2.22. The molecule has 1 rings (SSSR count). The van der Waals surface area contributed by atoms with E-state index in [1.54, 1.807) is 20.8 Å². The molecule has 0 aromatic rings. The van der Waals surface area contributed by atoms with Gasteiger partial charge in [0.25, 0.3) is 0 Å². The highest BCUT2D eigenvalue weighted by Gasteiger charge is 2.33. The Morgan fingerprint density at radius 3 is 2.45 bits per heavy atom. The number of carboxylic acid groups (broad SMARTS) is 1. The molecule has 0 aromatic carbocycles. The summed E-state index contributed by atoms with van der Waals surface area (Å²) in [5.74, 6) is -1.57. The van der Waals surface area contributed by atoms with E-state index in [2.05, 4.69) is 10.6 Å². The summed E-state index contributed by atoms with van der Waals surface area (Å²) in [5.41, 5.74) is -0.617. The zero-order valence-electron chi connectivity index (χ0n) is 12.0. The molecular weight excluding hydrogens is 284 g/mol. The predicted molar refractivity (Wildman–Crippen MR) is 74.1 cm³/mol. The van der Waals surface area contributed by atoms with Crippen molar-refractivity contribution in [2.24, 2.45) is 5.41 Å². The summed E-state index contributed by atoms with van der Waals surface area (Å²) in [7, 11) is -3.11. The predicted octanol–water partition coefficient (Wildman–Crippen LogP) is -0.621. The van der Waals surface area contributed by atoms with Gasteiger partial charge in [-0.25, -0.2) is 13.2 Å². The van der Waals surface area contributed by atoms with Gasteiger partial charge in [-0.1, -0.05) is 20.8 Å². The van der Waals surface area contributed by atoms with Crippen LogP contribution in [0.15, 0.2) is 0 Å². The van der Waals surface area contributed by atoms with Crippen molar-refractivity contribution < 1.29 is 23.1 Å². The quantitative estimate of drug-likeness (QED) is 0.638. The second-order valence-corrected chi connectivity index (χ2v) is 8.40. The highest BCUT2D eigenvalue weighted by atomic mass is 32.2. The van der Waals surface area contributed by atoms with Crippen LogP contribution in [-0.4, -0.2) is 55.5 Å². The van der Waals surface area contributed by atoms with Crippen molar-refractivity contribution in [2.45, 2.75) is 39.3 Å². The molecule has 2 atom stereocenters. The van der Waals surface area contributed by atoms with Crippen molar-refractivity contribution in [2.75, 3.05) is 18.1 Å². The van der Waals surface area contributed by atoms with Gasteiger partial charge in [0.2, 0.25) is 5.91 Å². The van der Waals surface area contributed by atoms with Crippen LogP contribution in [0.1, 0.15) is 27.2 Å². The maximum absolute atomic E-state index is 11.9. The zero-order chi connectivity index (χ0) is 15.6. The van der Waals surface area contributed by atoms with Gasteiger partial charge in [-0.3, -0.25) is 4.79 Å². The van der Waals surface area contributed by atoms with Gasteiger partial charge in [-0.2, -0.15) is 0 Å². The van der Waals surface area contributed by atoms with Crippen LogP contribution in [-0.2, 0) is 19.4 Å². The summed E-state index contributed by atoms with van der Waals surface area (Å²) in [6.07, 6.45) is -0.0426. The number of amides is 1. The third-order valence-corrected chi connectivity index (χ3v) is 4.89. The molecule has 3 N–H and O–H groups in total. The Balaban J connectivity index is 2.61. The van der Waals surface area contributed by atoms with E-state index in [9.17, 15) is 18.0 Å². The van der Waals surface area contributed by atoms with Crippen molar-refractivity contribution in [3.05, 3.63) is 0 Å². The minimum atomic E-state index is -3.11. The van der Waals surface area contributed by atoms with E-state index in [0.29, 0.717) is 6.54 Å². The van der Waals surface area contributed by atoms with Crippen LogP contribution in [0.5, 0.6) is 0 Å². The molecule has 1 heterocycles. The Labute approximate surface area is 119 Å². The molecule has 1 saturated heterocycles. The number of carboxylic acids is 1. The molecule has 8 heteroatoms. The van der Waals surface area contributed by atoms with Gasteiger partial charge in [0, 0.05) is 19.0 Å². The standard InChI is InChI=1S/C12H22N2O5S/c1-12(2,3)10(11(16)17)14-9(15)6-8-7-20(18,19)5-4-13-8/h8,10,13H,4-7H2,1-3H3,(H,14,15)(H,16,17)/t8?,10-/m0/s1. The molecule has 0 bridgehead atoms. The number of hydrogen-bond acceptors (Lipinski definition) is 5. The molecule has 1 fully saturated rings. The van der Waals surface area contributed by atoms with E-state index in [-0.39, 0.29) is 17.9 Å². The molecule has 1 aliphatic rings. The highest BCUT2D eigenvalue weighted by Crippen LogP contribution is 2.19. The summed E-state index contributed by atoms with van der Waals surface area (Å²) < 4.78 is 22.9. The van der Waals surface area contributed by atoms with Gasteiger partial charge < -0.3 is 15.7 Å². The Morgan fingerprint density at radius 1 is 1.40 bits per heavy atom. The Morgan fingerprint density at radius 2 is 2.00 bits per heavy atom. The minimum Gasteiger partial charge on any atom is -0.480 e. The zero-order valence-corrected chi connectivity index (χ0v) is 12.8. The molecule has 7 nitrogen and oxygen atoms in total. The number of aliphatic carboxylic acids is 1. The first-order valence-electron chi connectivity index (χ1n) is 6.47. The Kier molecular flexibility index (Phi) is 5.15. The monoisotopic (exact) mass is 306 g/mol.